The van der Waals surface area contributed by atoms with E-state index in [1.807, 2.05) is 0 Å². The summed E-state index contributed by atoms with van der Waals surface area (Å²) in [6.45, 7) is 0.516. The number of rotatable bonds is 6. The lowest BCUT2D eigenvalue weighted by Gasteiger charge is -2.39. The van der Waals surface area contributed by atoms with Crippen molar-refractivity contribution in [1.82, 2.24) is 9.88 Å². The van der Waals surface area contributed by atoms with Crippen LogP contribution in [-0.4, -0.2) is 39.1 Å². The molecule has 1 saturated carbocycles. The second kappa shape index (κ2) is 8.68. The lowest BCUT2D eigenvalue weighted by atomic mass is 9.95. The highest BCUT2D eigenvalue weighted by molar-refractivity contribution is 6.31. The van der Waals surface area contributed by atoms with Gasteiger partial charge in [-0.15, -0.1) is 0 Å². The summed E-state index contributed by atoms with van der Waals surface area (Å²) in [7, 11) is 0. The van der Waals surface area contributed by atoms with E-state index in [9.17, 15) is 27.5 Å². The molecule has 34 heavy (non-hydrogen) atoms. The number of fused-ring (bicyclic) bond motifs is 2. The largest absolute Gasteiger partial charge is 0.478 e. The quantitative estimate of drug-likeness (QED) is 0.492. The molecule has 1 unspecified atom stereocenters. The number of halogens is 5. The molecule has 3 fully saturated rings. The molecule has 10 heteroatoms. The summed E-state index contributed by atoms with van der Waals surface area (Å²) in [6.07, 6.45) is 1.10. The number of ether oxygens (including phenoxy) is 1. The van der Waals surface area contributed by atoms with Gasteiger partial charge < -0.3 is 9.84 Å². The number of carboxylic acid groups (broad SMARTS) is 1. The number of carboxylic acids is 1. The third-order valence-electron chi connectivity index (χ3n) is 7.09. The van der Waals surface area contributed by atoms with Crippen LogP contribution in [0.3, 0.4) is 0 Å². The van der Waals surface area contributed by atoms with Crippen LogP contribution in [0.2, 0.25) is 5.02 Å². The Bertz CT molecular complexity index is 1110. The molecular formula is C24H23ClF4N2O3. The van der Waals surface area contributed by atoms with Crippen LogP contribution in [-0.2, 0) is 12.7 Å². The van der Waals surface area contributed by atoms with Crippen molar-refractivity contribution in [3.8, 4) is 5.88 Å². The van der Waals surface area contributed by atoms with Gasteiger partial charge in [-0.2, -0.15) is 13.2 Å². The highest BCUT2D eigenvalue weighted by atomic mass is 35.5. The van der Waals surface area contributed by atoms with Crippen molar-refractivity contribution >= 4 is 17.6 Å². The molecule has 3 heterocycles. The van der Waals surface area contributed by atoms with Crippen molar-refractivity contribution < 1.29 is 32.2 Å². The van der Waals surface area contributed by atoms with E-state index in [2.05, 4.69) is 9.88 Å². The van der Waals surface area contributed by atoms with E-state index in [1.54, 1.807) is 0 Å². The van der Waals surface area contributed by atoms with E-state index in [4.69, 9.17) is 16.3 Å². The number of pyridine rings is 1. The summed E-state index contributed by atoms with van der Waals surface area (Å²) in [5.74, 6) is -1.83. The average molecular weight is 499 g/mol. The summed E-state index contributed by atoms with van der Waals surface area (Å²) in [5, 5.41) is 8.82. The number of aromatic carboxylic acids is 1. The first-order valence-electron chi connectivity index (χ1n) is 11.3. The standard InChI is InChI=1S/C24H23ClF4N2O3/c25-20-10-30-22(9-19(20)24(27,28)29)34-16-6-14-3-4-15(7-16)31(14)11-13-5-21(26)18(23(32)33)8-17(13)12-1-2-12/h5,8-10,12,14-16H,1-4,6-7,11H2,(H,32,33)/t14-,15+,16?. The Morgan fingerprint density at radius 1 is 1.15 bits per heavy atom. The van der Waals surface area contributed by atoms with Gasteiger partial charge in [0.05, 0.1) is 22.3 Å². The monoisotopic (exact) mass is 498 g/mol. The van der Waals surface area contributed by atoms with Gasteiger partial charge in [-0.1, -0.05) is 11.6 Å². The zero-order valence-electron chi connectivity index (χ0n) is 18.1. The second-order valence-corrected chi connectivity index (χ2v) is 9.79. The van der Waals surface area contributed by atoms with Crippen LogP contribution < -0.4 is 4.74 Å². The zero-order valence-corrected chi connectivity index (χ0v) is 18.9. The van der Waals surface area contributed by atoms with Gasteiger partial charge in [0, 0.05) is 24.7 Å². The number of carbonyl (C=O) groups is 1. The zero-order chi connectivity index (χ0) is 24.2. The number of hydrogen-bond donors (Lipinski definition) is 1. The fourth-order valence-electron chi connectivity index (χ4n) is 5.35. The van der Waals surface area contributed by atoms with Crippen molar-refractivity contribution in [2.24, 2.45) is 0 Å². The molecular weight excluding hydrogens is 476 g/mol. The summed E-state index contributed by atoms with van der Waals surface area (Å²) in [4.78, 5) is 17.6. The smallest absolute Gasteiger partial charge is 0.418 e. The fourth-order valence-corrected chi connectivity index (χ4v) is 5.56. The van der Waals surface area contributed by atoms with Crippen molar-refractivity contribution in [1.29, 1.82) is 0 Å². The van der Waals surface area contributed by atoms with Crippen molar-refractivity contribution in [3.63, 3.8) is 0 Å². The van der Waals surface area contributed by atoms with Gasteiger partial charge >= 0.3 is 12.1 Å². The molecule has 3 aliphatic rings. The van der Waals surface area contributed by atoms with E-state index < -0.39 is 28.5 Å². The molecule has 3 atom stereocenters. The highest BCUT2D eigenvalue weighted by Crippen LogP contribution is 2.45. The van der Waals surface area contributed by atoms with Crippen LogP contribution in [0, 0.1) is 5.82 Å². The van der Waals surface area contributed by atoms with Crippen LogP contribution in [0.5, 0.6) is 5.88 Å². The SMILES string of the molecule is O=C(O)c1cc(C2CC2)c(CN2[C@@H]3CC[C@H]2CC(Oc2cc(C(F)(F)F)c(Cl)cn2)C3)cc1F. The highest BCUT2D eigenvalue weighted by Gasteiger charge is 2.43. The Morgan fingerprint density at radius 2 is 1.82 bits per heavy atom. The van der Waals surface area contributed by atoms with Crippen LogP contribution in [0.1, 0.15) is 71.5 Å². The minimum absolute atomic E-state index is 0.100. The van der Waals surface area contributed by atoms with Gasteiger partial charge in [-0.3, -0.25) is 4.90 Å². The van der Waals surface area contributed by atoms with E-state index in [1.165, 1.54) is 12.1 Å². The Balaban J connectivity index is 1.31. The van der Waals surface area contributed by atoms with Crippen LogP contribution in [0.25, 0.3) is 0 Å². The molecule has 182 valence electrons. The van der Waals surface area contributed by atoms with Gasteiger partial charge in [-0.05, 0) is 67.7 Å². The predicted molar refractivity (Wildman–Crippen MR) is 116 cm³/mol. The summed E-state index contributed by atoms with van der Waals surface area (Å²) < 4.78 is 59.8. The molecule has 2 saturated heterocycles. The third-order valence-corrected chi connectivity index (χ3v) is 7.39. The maximum Gasteiger partial charge on any atom is 0.418 e. The van der Waals surface area contributed by atoms with Crippen LogP contribution in [0.4, 0.5) is 17.6 Å². The number of aromatic nitrogens is 1. The van der Waals surface area contributed by atoms with Crippen molar-refractivity contribution in [2.45, 2.75) is 75.4 Å². The molecule has 2 aromatic rings. The molecule has 0 spiro atoms. The predicted octanol–water partition coefficient (Wildman–Crippen LogP) is 6.04. The summed E-state index contributed by atoms with van der Waals surface area (Å²) >= 11 is 5.65. The van der Waals surface area contributed by atoms with E-state index in [0.717, 1.165) is 49.1 Å². The van der Waals surface area contributed by atoms with Gasteiger partial charge in [0.15, 0.2) is 0 Å². The Labute approximate surface area is 198 Å². The molecule has 5 rings (SSSR count). The molecule has 2 bridgehead atoms. The second-order valence-electron chi connectivity index (χ2n) is 9.38. The lowest BCUT2D eigenvalue weighted by Crippen LogP contribution is -2.46. The average Bonchev–Trinajstić information content (AvgIpc) is 3.56. The molecule has 2 aliphatic heterocycles. The van der Waals surface area contributed by atoms with E-state index in [-0.39, 0.29) is 35.5 Å². The normalized spacial score (nSPS) is 24.9. The van der Waals surface area contributed by atoms with Gasteiger partial charge in [0.2, 0.25) is 5.88 Å². The maximum atomic E-state index is 14.5. The van der Waals surface area contributed by atoms with Crippen LogP contribution in [0.15, 0.2) is 24.4 Å². The molecule has 0 radical (unpaired) electrons. The fraction of sp³-hybridized carbons (Fsp3) is 0.500. The van der Waals surface area contributed by atoms with E-state index >= 15 is 0 Å². The van der Waals surface area contributed by atoms with Gasteiger partial charge in [0.1, 0.15) is 11.9 Å². The Kier molecular flexibility index (Phi) is 5.96. The molecule has 5 nitrogen and oxygen atoms in total. The first kappa shape index (κ1) is 23.4. The molecule has 1 aromatic heterocycles. The molecule has 1 aliphatic carbocycles. The minimum atomic E-state index is -4.59. The minimum Gasteiger partial charge on any atom is -0.478 e. The summed E-state index contributed by atoms with van der Waals surface area (Å²) in [6, 6.07) is 3.97. The first-order valence-corrected chi connectivity index (χ1v) is 11.7. The first-order chi connectivity index (χ1) is 16.1. The van der Waals surface area contributed by atoms with E-state index in [0.29, 0.717) is 19.4 Å². The molecule has 0 amide bonds. The molecule has 1 aromatic carbocycles. The number of alkyl halides is 3. The van der Waals surface area contributed by atoms with Crippen LogP contribution >= 0.6 is 11.6 Å². The number of nitrogens with zero attached hydrogens (tertiary/aromatic N) is 2. The maximum absolute atomic E-state index is 14.5. The number of piperidine rings is 1. The summed E-state index contributed by atoms with van der Waals surface area (Å²) in [5.41, 5.74) is 0.450. The third kappa shape index (κ3) is 4.60. The lowest BCUT2D eigenvalue weighted by molar-refractivity contribution is -0.137. The van der Waals surface area contributed by atoms with Gasteiger partial charge in [0.25, 0.3) is 0 Å². The topological polar surface area (TPSA) is 62.7 Å². The number of benzene rings is 1. The van der Waals surface area contributed by atoms with Crippen molar-refractivity contribution in [3.05, 3.63) is 57.5 Å². The number of hydrogen-bond acceptors (Lipinski definition) is 4. The Hall–Kier alpha value is -2.39. The Morgan fingerprint density at radius 3 is 2.41 bits per heavy atom. The van der Waals surface area contributed by atoms with Gasteiger partial charge in [-0.25, -0.2) is 14.2 Å². The molecule has 1 N–H and O–H groups in total. The van der Waals surface area contributed by atoms with Crippen molar-refractivity contribution in [2.75, 3.05) is 0 Å².